The zero-order valence-electron chi connectivity index (χ0n) is 9.77. The lowest BCUT2D eigenvalue weighted by Crippen LogP contribution is -2.00. The molecule has 0 radical (unpaired) electrons. The van der Waals surface area contributed by atoms with E-state index in [0.717, 1.165) is 21.3 Å². The van der Waals surface area contributed by atoms with Gasteiger partial charge in [-0.25, -0.2) is 0 Å². The van der Waals surface area contributed by atoms with E-state index >= 15 is 0 Å². The quantitative estimate of drug-likeness (QED) is 0.853. The van der Waals surface area contributed by atoms with E-state index in [1.165, 1.54) is 0 Å². The van der Waals surface area contributed by atoms with Crippen LogP contribution in [0, 0.1) is 0 Å². The minimum atomic E-state index is 0.0416. The summed E-state index contributed by atoms with van der Waals surface area (Å²) in [5.74, 6) is 0.759. The number of hydrogen-bond acceptors (Lipinski definition) is 3. The van der Waals surface area contributed by atoms with Crippen LogP contribution < -0.4 is 10.5 Å². The van der Waals surface area contributed by atoms with Crippen molar-refractivity contribution < 1.29 is 9.84 Å². The Morgan fingerprint density at radius 3 is 2.44 bits per heavy atom. The summed E-state index contributed by atoms with van der Waals surface area (Å²) in [5.41, 5.74) is 8.41. The number of halogens is 1. The maximum absolute atomic E-state index is 8.94. The van der Waals surface area contributed by atoms with Gasteiger partial charge in [0, 0.05) is 15.7 Å². The number of hydrogen-bond donors (Lipinski definition) is 2. The van der Waals surface area contributed by atoms with Crippen LogP contribution in [0.2, 0.25) is 0 Å². The molecule has 3 nitrogen and oxygen atoms in total. The molecule has 2 aromatic rings. The predicted molar refractivity (Wildman–Crippen MR) is 75.3 cm³/mol. The first-order valence-electron chi connectivity index (χ1n) is 5.55. The summed E-state index contributed by atoms with van der Waals surface area (Å²) in [6.45, 7) is 0.470. The van der Waals surface area contributed by atoms with Gasteiger partial charge in [0.05, 0.1) is 6.61 Å². The molecule has 0 atom stereocenters. The standard InChI is InChI=1S/C14H14BrNO2/c15-12-4-3-11(14(16)7-12)9-18-13-5-1-10(8-17)2-6-13/h1-7,17H,8-9,16H2. The van der Waals surface area contributed by atoms with Crippen LogP contribution in [0.25, 0.3) is 0 Å². The Morgan fingerprint density at radius 1 is 1.11 bits per heavy atom. The number of ether oxygens (including phenoxy) is 1. The fraction of sp³-hybridized carbons (Fsp3) is 0.143. The average molecular weight is 308 g/mol. The van der Waals surface area contributed by atoms with Crippen molar-refractivity contribution in [3.8, 4) is 5.75 Å². The van der Waals surface area contributed by atoms with Gasteiger partial charge in [-0.15, -0.1) is 0 Å². The predicted octanol–water partition coefficient (Wildman–Crippen LogP) is 3.10. The molecule has 3 N–H and O–H groups in total. The van der Waals surface area contributed by atoms with Gasteiger partial charge in [0.15, 0.2) is 0 Å². The Hall–Kier alpha value is -1.52. The lowest BCUT2D eigenvalue weighted by molar-refractivity contribution is 0.281. The third-order valence-corrected chi connectivity index (χ3v) is 3.10. The van der Waals surface area contributed by atoms with Gasteiger partial charge in [-0.2, -0.15) is 0 Å². The van der Waals surface area contributed by atoms with Gasteiger partial charge >= 0.3 is 0 Å². The summed E-state index contributed by atoms with van der Waals surface area (Å²) in [6, 6.07) is 13.1. The van der Waals surface area contributed by atoms with E-state index in [1.54, 1.807) is 0 Å². The van der Waals surface area contributed by atoms with Crippen LogP contribution in [0.4, 0.5) is 5.69 Å². The highest BCUT2D eigenvalue weighted by Crippen LogP contribution is 2.21. The van der Waals surface area contributed by atoms with Crippen LogP contribution in [-0.2, 0) is 13.2 Å². The van der Waals surface area contributed by atoms with Crippen molar-refractivity contribution in [1.82, 2.24) is 0 Å². The van der Waals surface area contributed by atoms with Gasteiger partial charge in [0.1, 0.15) is 12.4 Å². The zero-order valence-corrected chi connectivity index (χ0v) is 11.4. The van der Waals surface area contributed by atoms with E-state index in [1.807, 2.05) is 42.5 Å². The molecular formula is C14H14BrNO2. The Balaban J connectivity index is 2.02. The molecule has 0 saturated carbocycles. The highest BCUT2D eigenvalue weighted by molar-refractivity contribution is 9.10. The normalized spacial score (nSPS) is 10.3. The van der Waals surface area contributed by atoms with Gasteiger partial charge < -0.3 is 15.6 Å². The van der Waals surface area contributed by atoms with E-state index in [0.29, 0.717) is 12.3 Å². The summed E-state index contributed by atoms with van der Waals surface area (Å²) in [4.78, 5) is 0. The second kappa shape index (κ2) is 5.89. The van der Waals surface area contributed by atoms with E-state index in [-0.39, 0.29) is 6.61 Å². The maximum Gasteiger partial charge on any atom is 0.119 e. The molecule has 0 fully saturated rings. The molecule has 0 unspecified atom stereocenters. The molecule has 0 bridgehead atoms. The van der Waals surface area contributed by atoms with E-state index < -0.39 is 0 Å². The van der Waals surface area contributed by atoms with Crippen molar-refractivity contribution in [2.24, 2.45) is 0 Å². The topological polar surface area (TPSA) is 55.5 Å². The van der Waals surface area contributed by atoms with E-state index in [9.17, 15) is 0 Å². The van der Waals surface area contributed by atoms with Crippen LogP contribution in [-0.4, -0.2) is 5.11 Å². The Labute approximate surface area is 114 Å². The van der Waals surface area contributed by atoms with Crippen molar-refractivity contribution in [2.45, 2.75) is 13.2 Å². The lowest BCUT2D eigenvalue weighted by atomic mass is 10.2. The van der Waals surface area contributed by atoms with Crippen LogP contribution >= 0.6 is 15.9 Å². The van der Waals surface area contributed by atoms with Crippen molar-refractivity contribution >= 4 is 21.6 Å². The monoisotopic (exact) mass is 307 g/mol. The van der Waals surface area contributed by atoms with E-state index in [4.69, 9.17) is 15.6 Å². The van der Waals surface area contributed by atoms with Crippen LogP contribution in [0.3, 0.4) is 0 Å². The van der Waals surface area contributed by atoms with Gasteiger partial charge in [-0.3, -0.25) is 0 Å². The first-order chi connectivity index (χ1) is 8.69. The third kappa shape index (κ3) is 3.24. The molecule has 0 spiro atoms. The number of aliphatic hydroxyl groups is 1. The summed E-state index contributed by atoms with van der Waals surface area (Å²) in [5, 5.41) is 8.94. The van der Waals surface area contributed by atoms with Crippen LogP contribution in [0.1, 0.15) is 11.1 Å². The molecule has 2 rings (SSSR count). The number of aliphatic hydroxyl groups excluding tert-OH is 1. The molecule has 0 heterocycles. The SMILES string of the molecule is Nc1cc(Br)ccc1COc1ccc(CO)cc1. The second-order valence-corrected chi connectivity index (χ2v) is 4.85. The Bertz CT molecular complexity index is 526. The average Bonchev–Trinajstić information content (AvgIpc) is 2.38. The Kier molecular flexibility index (Phi) is 4.23. The fourth-order valence-electron chi connectivity index (χ4n) is 1.55. The third-order valence-electron chi connectivity index (χ3n) is 2.61. The lowest BCUT2D eigenvalue weighted by Gasteiger charge is -2.09. The summed E-state index contributed by atoms with van der Waals surface area (Å²) < 4.78 is 6.59. The second-order valence-electron chi connectivity index (χ2n) is 3.93. The highest BCUT2D eigenvalue weighted by atomic mass is 79.9. The van der Waals surface area contributed by atoms with Crippen LogP contribution in [0.15, 0.2) is 46.9 Å². The van der Waals surface area contributed by atoms with Crippen molar-refractivity contribution in [1.29, 1.82) is 0 Å². The summed E-state index contributed by atoms with van der Waals surface area (Å²) in [7, 11) is 0. The molecule has 0 aliphatic heterocycles. The van der Waals surface area contributed by atoms with Gasteiger partial charge in [-0.05, 0) is 29.8 Å². The number of nitrogens with two attached hydrogens (primary N) is 1. The number of nitrogen functional groups attached to an aromatic ring is 1. The van der Waals surface area contributed by atoms with Crippen molar-refractivity contribution in [3.63, 3.8) is 0 Å². The number of rotatable bonds is 4. The van der Waals surface area contributed by atoms with Gasteiger partial charge in [-0.1, -0.05) is 34.1 Å². The molecular weight excluding hydrogens is 294 g/mol. The smallest absolute Gasteiger partial charge is 0.119 e. The molecule has 4 heteroatoms. The minimum Gasteiger partial charge on any atom is -0.489 e. The molecule has 0 aliphatic rings. The molecule has 0 saturated heterocycles. The van der Waals surface area contributed by atoms with Crippen molar-refractivity contribution in [2.75, 3.05) is 5.73 Å². The molecule has 0 aromatic heterocycles. The fourth-order valence-corrected chi connectivity index (χ4v) is 1.93. The molecule has 18 heavy (non-hydrogen) atoms. The Morgan fingerprint density at radius 2 is 1.83 bits per heavy atom. The molecule has 2 aromatic carbocycles. The van der Waals surface area contributed by atoms with Gasteiger partial charge in [0.25, 0.3) is 0 Å². The molecule has 0 amide bonds. The van der Waals surface area contributed by atoms with E-state index in [2.05, 4.69) is 15.9 Å². The van der Waals surface area contributed by atoms with Crippen LogP contribution in [0.5, 0.6) is 5.75 Å². The largest absolute Gasteiger partial charge is 0.489 e. The maximum atomic E-state index is 8.94. The first-order valence-corrected chi connectivity index (χ1v) is 6.35. The molecule has 94 valence electrons. The minimum absolute atomic E-state index is 0.0416. The first kappa shape index (κ1) is 12.9. The van der Waals surface area contributed by atoms with Gasteiger partial charge in [0.2, 0.25) is 0 Å². The van der Waals surface area contributed by atoms with Crippen molar-refractivity contribution in [3.05, 3.63) is 58.1 Å². The molecule has 0 aliphatic carbocycles. The number of benzene rings is 2. The summed E-state index contributed by atoms with van der Waals surface area (Å²) in [6.07, 6.45) is 0. The zero-order chi connectivity index (χ0) is 13.0. The number of anilines is 1. The highest BCUT2D eigenvalue weighted by Gasteiger charge is 2.01. The summed E-state index contributed by atoms with van der Waals surface area (Å²) >= 11 is 3.36.